The molecule has 0 spiro atoms. The number of sulfonamides is 1. The first-order valence-electron chi connectivity index (χ1n) is 5.56. The van der Waals surface area contributed by atoms with E-state index in [2.05, 4.69) is 18.6 Å². The molecule has 0 saturated heterocycles. The Morgan fingerprint density at radius 3 is 2.47 bits per heavy atom. The molecule has 0 aromatic carbocycles. The minimum Gasteiger partial charge on any atom is -0.330 e. The van der Waals surface area contributed by atoms with Crippen LogP contribution in [0.5, 0.6) is 0 Å². The van der Waals surface area contributed by atoms with E-state index in [-0.39, 0.29) is 10.7 Å². The second kappa shape index (κ2) is 4.80. The summed E-state index contributed by atoms with van der Waals surface area (Å²) in [6.45, 7) is 5.32. The molecule has 0 amide bonds. The fraction of sp³-hybridized carbons (Fsp3) is 1.00. The molecule has 3 N–H and O–H groups in total. The minimum absolute atomic E-state index is 0.00132. The number of hydrogen-bond donors (Lipinski definition) is 2. The molecule has 4 nitrogen and oxygen atoms in total. The second-order valence-corrected chi connectivity index (χ2v) is 7.17. The van der Waals surface area contributed by atoms with Crippen LogP contribution < -0.4 is 10.5 Å². The van der Waals surface area contributed by atoms with Gasteiger partial charge in [0.25, 0.3) is 0 Å². The molecule has 0 unspecified atom stereocenters. The zero-order valence-electron chi connectivity index (χ0n) is 9.62. The van der Waals surface area contributed by atoms with Crippen LogP contribution in [0.4, 0.5) is 0 Å². The lowest BCUT2D eigenvalue weighted by Crippen LogP contribution is -2.36. The highest BCUT2D eigenvalue weighted by molar-refractivity contribution is 7.90. The van der Waals surface area contributed by atoms with E-state index in [0.717, 1.165) is 25.7 Å². The van der Waals surface area contributed by atoms with E-state index >= 15 is 0 Å². The fourth-order valence-electron chi connectivity index (χ4n) is 1.46. The van der Waals surface area contributed by atoms with Gasteiger partial charge in [0.1, 0.15) is 0 Å². The summed E-state index contributed by atoms with van der Waals surface area (Å²) in [5, 5.41) is -0.122. The highest BCUT2D eigenvalue weighted by atomic mass is 32.2. The molecule has 0 bridgehead atoms. The SMILES string of the molecule is CC(C)(CCCN)CNS(=O)(=O)C1CC1. The number of rotatable bonds is 7. The van der Waals surface area contributed by atoms with Crippen LogP contribution in [0.15, 0.2) is 0 Å². The van der Waals surface area contributed by atoms with Gasteiger partial charge in [0.2, 0.25) is 10.0 Å². The maximum atomic E-state index is 11.6. The highest BCUT2D eigenvalue weighted by Gasteiger charge is 2.36. The van der Waals surface area contributed by atoms with Crippen LogP contribution in [0.2, 0.25) is 0 Å². The van der Waals surface area contributed by atoms with E-state index < -0.39 is 10.0 Å². The van der Waals surface area contributed by atoms with E-state index in [1.807, 2.05) is 0 Å². The number of nitrogens with two attached hydrogens (primary N) is 1. The molecule has 1 saturated carbocycles. The average Bonchev–Trinajstić information content (AvgIpc) is 2.95. The summed E-state index contributed by atoms with van der Waals surface area (Å²) in [4.78, 5) is 0. The first kappa shape index (κ1) is 12.9. The van der Waals surface area contributed by atoms with Crippen molar-refractivity contribution in [2.24, 2.45) is 11.1 Å². The largest absolute Gasteiger partial charge is 0.330 e. The van der Waals surface area contributed by atoms with Gasteiger partial charge in [-0.1, -0.05) is 13.8 Å². The van der Waals surface area contributed by atoms with Gasteiger partial charge in [0, 0.05) is 6.54 Å². The Morgan fingerprint density at radius 1 is 1.40 bits per heavy atom. The zero-order chi connectivity index (χ0) is 11.5. The highest BCUT2D eigenvalue weighted by Crippen LogP contribution is 2.28. The van der Waals surface area contributed by atoms with Gasteiger partial charge in [-0.05, 0) is 37.6 Å². The Morgan fingerprint density at radius 2 is 2.00 bits per heavy atom. The molecule has 1 fully saturated rings. The summed E-state index contributed by atoms with van der Waals surface area (Å²) in [6, 6.07) is 0. The third-order valence-corrected chi connectivity index (χ3v) is 4.67. The van der Waals surface area contributed by atoms with Gasteiger partial charge in [-0.3, -0.25) is 0 Å². The third kappa shape index (κ3) is 4.49. The van der Waals surface area contributed by atoms with Crippen molar-refractivity contribution in [1.82, 2.24) is 4.72 Å². The quantitative estimate of drug-likeness (QED) is 0.685. The van der Waals surface area contributed by atoms with Gasteiger partial charge in [-0.2, -0.15) is 0 Å². The van der Waals surface area contributed by atoms with Gasteiger partial charge in [-0.15, -0.1) is 0 Å². The van der Waals surface area contributed by atoms with Crippen molar-refractivity contribution in [2.75, 3.05) is 13.1 Å². The van der Waals surface area contributed by atoms with Crippen LogP contribution in [0.25, 0.3) is 0 Å². The minimum atomic E-state index is -3.03. The fourth-order valence-corrected chi connectivity index (χ4v) is 3.05. The van der Waals surface area contributed by atoms with Crippen molar-refractivity contribution < 1.29 is 8.42 Å². The lowest BCUT2D eigenvalue weighted by Gasteiger charge is -2.24. The lowest BCUT2D eigenvalue weighted by molar-refractivity contribution is 0.327. The van der Waals surface area contributed by atoms with Crippen LogP contribution in [0, 0.1) is 5.41 Å². The van der Waals surface area contributed by atoms with Gasteiger partial charge in [0.05, 0.1) is 5.25 Å². The van der Waals surface area contributed by atoms with Crippen LogP contribution in [-0.4, -0.2) is 26.8 Å². The summed E-state index contributed by atoms with van der Waals surface area (Å²) in [5.41, 5.74) is 5.44. The summed E-state index contributed by atoms with van der Waals surface area (Å²) < 4.78 is 25.9. The molecule has 90 valence electrons. The third-order valence-electron chi connectivity index (χ3n) is 2.77. The summed E-state index contributed by atoms with van der Waals surface area (Å²) >= 11 is 0. The maximum absolute atomic E-state index is 11.6. The predicted molar refractivity (Wildman–Crippen MR) is 62.0 cm³/mol. The van der Waals surface area contributed by atoms with E-state index in [1.165, 1.54) is 0 Å². The van der Waals surface area contributed by atoms with Crippen LogP contribution in [0.3, 0.4) is 0 Å². The maximum Gasteiger partial charge on any atom is 0.214 e. The van der Waals surface area contributed by atoms with E-state index in [4.69, 9.17) is 5.73 Å². The van der Waals surface area contributed by atoms with Crippen molar-refractivity contribution in [3.63, 3.8) is 0 Å². The molecule has 15 heavy (non-hydrogen) atoms. The monoisotopic (exact) mass is 234 g/mol. The van der Waals surface area contributed by atoms with Crippen molar-refractivity contribution in [2.45, 2.75) is 44.8 Å². The summed E-state index contributed by atoms with van der Waals surface area (Å²) in [5.74, 6) is 0. The molecule has 1 aliphatic rings. The molecule has 1 rings (SSSR count). The molecule has 5 heteroatoms. The Bertz CT molecular complexity index is 295. The molecular formula is C10H22N2O2S. The Labute approximate surface area is 92.7 Å². The van der Waals surface area contributed by atoms with E-state index in [0.29, 0.717) is 13.1 Å². The standard InChI is InChI=1S/C10H22N2O2S/c1-10(2,6-3-7-11)8-12-15(13,14)9-4-5-9/h9,12H,3-8,11H2,1-2H3. The van der Waals surface area contributed by atoms with Gasteiger partial charge < -0.3 is 5.73 Å². The van der Waals surface area contributed by atoms with Crippen LogP contribution >= 0.6 is 0 Å². The van der Waals surface area contributed by atoms with Crippen molar-refractivity contribution in [3.05, 3.63) is 0 Å². The van der Waals surface area contributed by atoms with E-state index in [1.54, 1.807) is 0 Å². The second-order valence-electron chi connectivity index (χ2n) is 5.12. The number of hydrogen-bond acceptors (Lipinski definition) is 3. The number of nitrogens with one attached hydrogen (secondary N) is 1. The Balaban J connectivity index is 2.34. The van der Waals surface area contributed by atoms with Crippen LogP contribution in [-0.2, 0) is 10.0 Å². The molecule has 0 radical (unpaired) electrons. The zero-order valence-corrected chi connectivity index (χ0v) is 10.4. The van der Waals surface area contributed by atoms with Gasteiger partial charge >= 0.3 is 0 Å². The molecule has 0 aliphatic heterocycles. The summed E-state index contributed by atoms with van der Waals surface area (Å²) in [7, 11) is -3.03. The smallest absolute Gasteiger partial charge is 0.214 e. The normalized spacial score (nSPS) is 18.1. The van der Waals surface area contributed by atoms with E-state index in [9.17, 15) is 8.42 Å². The average molecular weight is 234 g/mol. The Kier molecular flexibility index (Phi) is 4.14. The van der Waals surface area contributed by atoms with Crippen molar-refractivity contribution in [3.8, 4) is 0 Å². The van der Waals surface area contributed by atoms with Gasteiger partial charge in [0.15, 0.2) is 0 Å². The molecule has 1 aliphatic carbocycles. The Hall–Kier alpha value is -0.130. The summed E-state index contributed by atoms with van der Waals surface area (Å²) in [6.07, 6.45) is 3.53. The van der Waals surface area contributed by atoms with Crippen molar-refractivity contribution >= 4 is 10.0 Å². The first-order valence-corrected chi connectivity index (χ1v) is 7.10. The predicted octanol–water partition coefficient (Wildman–Crippen LogP) is 0.833. The molecular weight excluding hydrogens is 212 g/mol. The van der Waals surface area contributed by atoms with Crippen LogP contribution in [0.1, 0.15) is 39.5 Å². The first-order chi connectivity index (χ1) is 6.87. The topological polar surface area (TPSA) is 72.2 Å². The van der Waals surface area contributed by atoms with Gasteiger partial charge in [-0.25, -0.2) is 13.1 Å². The van der Waals surface area contributed by atoms with Crippen molar-refractivity contribution in [1.29, 1.82) is 0 Å². The molecule has 0 aromatic heterocycles. The molecule has 0 atom stereocenters. The molecule has 0 aromatic rings. The molecule has 0 heterocycles. The lowest BCUT2D eigenvalue weighted by atomic mass is 9.88.